The van der Waals surface area contributed by atoms with Gasteiger partial charge in [-0.15, -0.1) is 0 Å². The van der Waals surface area contributed by atoms with Crippen molar-refractivity contribution < 1.29 is 19.1 Å². The second-order valence-corrected chi connectivity index (χ2v) is 7.39. The van der Waals surface area contributed by atoms with Gasteiger partial charge in [-0.2, -0.15) is 0 Å². The van der Waals surface area contributed by atoms with Gasteiger partial charge in [0.1, 0.15) is 6.04 Å². The van der Waals surface area contributed by atoms with Gasteiger partial charge in [0.05, 0.1) is 13.0 Å². The van der Waals surface area contributed by atoms with Gasteiger partial charge in [-0.1, -0.05) is 36.4 Å². The van der Waals surface area contributed by atoms with E-state index >= 15 is 0 Å². The molecule has 1 aromatic heterocycles. The number of nitrogens with one attached hydrogen (secondary N) is 2. The van der Waals surface area contributed by atoms with Gasteiger partial charge in [-0.25, -0.2) is 4.79 Å². The van der Waals surface area contributed by atoms with Crippen LogP contribution in [0.25, 0.3) is 10.9 Å². The van der Waals surface area contributed by atoms with Crippen LogP contribution in [0.4, 0.5) is 5.69 Å². The first-order valence-corrected chi connectivity index (χ1v) is 9.85. The Labute approximate surface area is 174 Å². The molecule has 2 heterocycles. The maximum absolute atomic E-state index is 12.9. The van der Waals surface area contributed by atoms with E-state index in [4.69, 9.17) is 4.74 Å². The van der Waals surface area contributed by atoms with E-state index in [9.17, 15) is 14.4 Å². The summed E-state index contributed by atoms with van der Waals surface area (Å²) in [7, 11) is 1.30. The number of carbonyl (C=O) groups excluding carboxylic acids is 3. The third-order valence-electron chi connectivity index (χ3n) is 5.46. The minimum absolute atomic E-state index is 0.104. The third-order valence-corrected chi connectivity index (χ3v) is 5.46. The average molecular weight is 405 g/mol. The number of ether oxygens (including phenoxy) is 1. The smallest absolute Gasteiger partial charge is 0.328 e. The van der Waals surface area contributed by atoms with Crippen molar-refractivity contribution in [1.82, 2.24) is 10.3 Å². The van der Waals surface area contributed by atoms with Crippen LogP contribution >= 0.6 is 0 Å². The van der Waals surface area contributed by atoms with Gasteiger partial charge in [0.25, 0.3) is 0 Å². The summed E-state index contributed by atoms with van der Waals surface area (Å²) in [5.74, 6) is -1.46. The summed E-state index contributed by atoms with van der Waals surface area (Å²) in [4.78, 5) is 42.4. The van der Waals surface area contributed by atoms with Crippen LogP contribution in [-0.4, -0.2) is 42.5 Å². The van der Waals surface area contributed by atoms with Gasteiger partial charge in [-0.05, 0) is 23.8 Å². The zero-order valence-electron chi connectivity index (χ0n) is 16.6. The summed E-state index contributed by atoms with van der Waals surface area (Å²) in [6.07, 6.45) is 2.25. The van der Waals surface area contributed by atoms with Crippen molar-refractivity contribution in [2.75, 3.05) is 18.6 Å². The highest BCUT2D eigenvalue weighted by molar-refractivity contribution is 6.01. The number of hydrogen-bond donors (Lipinski definition) is 2. The number of H-pyrrole nitrogens is 1. The Morgan fingerprint density at radius 2 is 1.90 bits per heavy atom. The van der Waals surface area contributed by atoms with Crippen LogP contribution in [0, 0.1) is 5.92 Å². The largest absolute Gasteiger partial charge is 0.467 e. The van der Waals surface area contributed by atoms with Gasteiger partial charge < -0.3 is 19.9 Å². The van der Waals surface area contributed by atoms with Crippen molar-refractivity contribution in [3.8, 4) is 0 Å². The molecule has 2 amide bonds. The molecule has 2 N–H and O–H groups in total. The summed E-state index contributed by atoms with van der Waals surface area (Å²) < 4.78 is 4.91. The first-order chi connectivity index (χ1) is 14.6. The minimum atomic E-state index is -0.831. The number of esters is 1. The van der Waals surface area contributed by atoms with Crippen LogP contribution < -0.4 is 10.2 Å². The number of amides is 2. The molecule has 3 aromatic rings. The Bertz CT molecular complexity index is 1080. The summed E-state index contributed by atoms with van der Waals surface area (Å²) >= 11 is 0. The Hall–Kier alpha value is -3.61. The van der Waals surface area contributed by atoms with E-state index in [0.717, 1.165) is 22.2 Å². The first-order valence-electron chi connectivity index (χ1n) is 9.85. The first kappa shape index (κ1) is 19.7. The van der Waals surface area contributed by atoms with E-state index in [2.05, 4.69) is 10.3 Å². The number of para-hydroxylation sites is 2. The molecule has 30 heavy (non-hydrogen) atoms. The number of anilines is 1. The van der Waals surface area contributed by atoms with Crippen LogP contribution in [-0.2, 0) is 25.5 Å². The molecule has 0 saturated carbocycles. The molecule has 0 bridgehead atoms. The lowest BCUT2D eigenvalue weighted by Crippen LogP contribution is -2.46. The Morgan fingerprint density at radius 1 is 1.17 bits per heavy atom. The lowest BCUT2D eigenvalue weighted by molar-refractivity contribution is -0.145. The number of carbonyl (C=O) groups is 3. The minimum Gasteiger partial charge on any atom is -0.467 e. The van der Waals surface area contributed by atoms with E-state index in [-0.39, 0.29) is 24.8 Å². The van der Waals surface area contributed by atoms with E-state index in [1.807, 2.05) is 60.8 Å². The molecule has 1 aliphatic rings. The Morgan fingerprint density at radius 3 is 2.67 bits per heavy atom. The molecule has 7 nitrogen and oxygen atoms in total. The molecule has 7 heteroatoms. The maximum atomic E-state index is 12.9. The predicted octanol–water partition coefficient (Wildman–Crippen LogP) is 2.42. The number of rotatable bonds is 6. The SMILES string of the molecule is COC(=O)C(Cc1c[nH]c2ccccc12)NC(=O)C1CC(=O)N(c2ccccc2)C1. The quantitative estimate of drug-likeness (QED) is 0.616. The van der Waals surface area contributed by atoms with Crippen molar-refractivity contribution in [3.05, 3.63) is 66.4 Å². The third kappa shape index (κ3) is 3.91. The molecule has 0 radical (unpaired) electrons. The molecule has 4 rings (SSSR count). The molecule has 1 aliphatic heterocycles. The Kier molecular flexibility index (Phi) is 5.52. The van der Waals surface area contributed by atoms with Crippen molar-refractivity contribution in [2.45, 2.75) is 18.9 Å². The number of aromatic amines is 1. The maximum Gasteiger partial charge on any atom is 0.328 e. The zero-order chi connectivity index (χ0) is 21.1. The highest BCUT2D eigenvalue weighted by Gasteiger charge is 2.36. The number of nitrogens with zero attached hydrogens (tertiary/aromatic N) is 1. The Balaban J connectivity index is 1.47. The summed E-state index contributed by atoms with van der Waals surface area (Å²) in [5.41, 5.74) is 2.64. The fourth-order valence-electron chi connectivity index (χ4n) is 3.89. The second kappa shape index (κ2) is 8.41. The van der Waals surface area contributed by atoms with Gasteiger partial charge in [0, 0.05) is 42.2 Å². The normalized spacial score (nSPS) is 17.2. The van der Waals surface area contributed by atoms with Gasteiger partial charge in [0.15, 0.2) is 0 Å². The standard InChI is InChI=1S/C23H23N3O4/c1-30-23(29)20(11-15-13-24-19-10-6-5-9-18(15)19)25-22(28)16-12-21(27)26(14-16)17-7-3-2-4-8-17/h2-10,13,16,20,24H,11-12,14H2,1H3,(H,25,28). The number of methoxy groups -OCH3 is 1. The summed E-state index contributed by atoms with van der Waals surface area (Å²) in [6, 6.07) is 16.2. The lowest BCUT2D eigenvalue weighted by Gasteiger charge is -2.19. The molecule has 2 atom stereocenters. The average Bonchev–Trinajstić information content (AvgIpc) is 3.37. The highest BCUT2D eigenvalue weighted by atomic mass is 16.5. The predicted molar refractivity (Wildman–Crippen MR) is 113 cm³/mol. The number of aromatic nitrogens is 1. The molecule has 0 spiro atoms. The van der Waals surface area contributed by atoms with E-state index in [1.54, 1.807) is 4.90 Å². The lowest BCUT2D eigenvalue weighted by atomic mass is 10.0. The molecular formula is C23H23N3O4. The highest BCUT2D eigenvalue weighted by Crippen LogP contribution is 2.25. The van der Waals surface area contributed by atoms with Gasteiger partial charge in [-0.3, -0.25) is 9.59 Å². The van der Waals surface area contributed by atoms with E-state index in [1.165, 1.54) is 7.11 Å². The number of fused-ring (bicyclic) bond motifs is 1. The second-order valence-electron chi connectivity index (χ2n) is 7.39. The van der Waals surface area contributed by atoms with Gasteiger partial charge in [0.2, 0.25) is 11.8 Å². The van der Waals surface area contributed by atoms with Crippen LogP contribution in [0.15, 0.2) is 60.8 Å². The van der Waals surface area contributed by atoms with E-state index < -0.39 is 17.9 Å². The van der Waals surface area contributed by atoms with Gasteiger partial charge >= 0.3 is 5.97 Å². The topological polar surface area (TPSA) is 91.5 Å². The van der Waals surface area contributed by atoms with Crippen molar-refractivity contribution in [2.24, 2.45) is 5.92 Å². The molecule has 2 aromatic carbocycles. The van der Waals surface area contributed by atoms with Crippen LogP contribution in [0.1, 0.15) is 12.0 Å². The molecule has 0 aliphatic carbocycles. The van der Waals surface area contributed by atoms with Crippen LogP contribution in [0.5, 0.6) is 0 Å². The summed E-state index contributed by atoms with van der Waals surface area (Å²) in [6.45, 7) is 0.287. The molecule has 154 valence electrons. The summed E-state index contributed by atoms with van der Waals surface area (Å²) in [5, 5.41) is 3.79. The monoisotopic (exact) mass is 405 g/mol. The van der Waals surface area contributed by atoms with E-state index in [0.29, 0.717) is 6.42 Å². The van der Waals surface area contributed by atoms with Crippen LogP contribution in [0.2, 0.25) is 0 Å². The van der Waals surface area contributed by atoms with Crippen molar-refractivity contribution in [3.63, 3.8) is 0 Å². The number of benzene rings is 2. The molecule has 1 saturated heterocycles. The van der Waals surface area contributed by atoms with Crippen molar-refractivity contribution in [1.29, 1.82) is 0 Å². The zero-order valence-corrected chi connectivity index (χ0v) is 16.6. The van der Waals surface area contributed by atoms with Crippen molar-refractivity contribution >= 4 is 34.4 Å². The van der Waals surface area contributed by atoms with Crippen LogP contribution in [0.3, 0.4) is 0 Å². The molecule has 2 unspecified atom stereocenters. The fraction of sp³-hybridized carbons (Fsp3) is 0.261. The molecule has 1 fully saturated rings. The number of hydrogen-bond acceptors (Lipinski definition) is 4. The molecular weight excluding hydrogens is 382 g/mol. The fourth-order valence-corrected chi connectivity index (χ4v) is 3.89.